The van der Waals surface area contributed by atoms with Crippen LogP contribution >= 0.6 is 0 Å². The number of aromatic carboxylic acids is 1. The first-order valence-electron chi connectivity index (χ1n) is 6.22. The van der Waals surface area contributed by atoms with Gasteiger partial charge in [0.15, 0.2) is 0 Å². The third-order valence-electron chi connectivity index (χ3n) is 3.24. The van der Waals surface area contributed by atoms with Gasteiger partial charge in [-0.1, -0.05) is 0 Å². The third kappa shape index (κ3) is 2.25. The van der Waals surface area contributed by atoms with Gasteiger partial charge < -0.3 is 15.4 Å². The van der Waals surface area contributed by atoms with E-state index in [4.69, 9.17) is 5.11 Å². The molecule has 0 radical (unpaired) electrons. The lowest BCUT2D eigenvalue weighted by molar-refractivity contribution is 0.0697. The largest absolute Gasteiger partial charge is 0.478 e. The molecule has 3 aromatic rings. The molecule has 1 amide bonds. The highest BCUT2D eigenvalue weighted by atomic mass is 16.4. The summed E-state index contributed by atoms with van der Waals surface area (Å²) in [4.78, 5) is 26.2. The summed E-state index contributed by atoms with van der Waals surface area (Å²) >= 11 is 0. The Morgan fingerprint density at radius 2 is 2.14 bits per heavy atom. The number of nitrogens with one attached hydrogen (secondary N) is 3. The molecule has 4 N–H and O–H groups in total. The van der Waals surface area contributed by atoms with E-state index in [9.17, 15) is 9.59 Å². The Kier molecular flexibility index (Phi) is 2.94. The Morgan fingerprint density at radius 3 is 2.90 bits per heavy atom. The number of nitrogens with zero attached hydrogens (tertiary/aromatic N) is 1. The molecule has 1 aromatic carbocycles. The van der Waals surface area contributed by atoms with Crippen molar-refractivity contribution in [2.24, 2.45) is 0 Å². The summed E-state index contributed by atoms with van der Waals surface area (Å²) in [5.41, 5.74) is 2.06. The molecule has 0 unspecified atom stereocenters. The first kappa shape index (κ1) is 12.9. The molecular formula is C14H12N4O3. The van der Waals surface area contributed by atoms with Crippen molar-refractivity contribution in [1.29, 1.82) is 0 Å². The van der Waals surface area contributed by atoms with Crippen LogP contribution in [0.1, 0.15) is 26.4 Å². The van der Waals surface area contributed by atoms with E-state index < -0.39 is 5.97 Å². The van der Waals surface area contributed by atoms with Crippen molar-refractivity contribution in [1.82, 2.24) is 15.2 Å². The van der Waals surface area contributed by atoms with E-state index >= 15 is 0 Å². The highest BCUT2D eigenvalue weighted by Crippen LogP contribution is 2.20. The molecule has 0 saturated heterocycles. The Hall–Kier alpha value is -3.09. The SMILES string of the molecule is Cc1[nH]cc(NC(=O)c2ccc3[nH]ncc3c2)c1C(=O)O. The molecule has 0 saturated carbocycles. The molecule has 3 rings (SSSR count). The lowest BCUT2D eigenvalue weighted by atomic mass is 10.1. The van der Waals surface area contributed by atoms with Gasteiger partial charge in [-0.05, 0) is 25.1 Å². The van der Waals surface area contributed by atoms with E-state index in [2.05, 4.69) is 20.5 Å². The fourth-order valence-corrected chi connectivity index (χ4v) is 2.18. The number of carboxylic acid groups (broad SMARTS) is 1. The molecular weight excluding hydrogens is 272 g/mol. The van der Waals surface area contributed by atoms with Crippen molar-refractivity contribution in [2.45, 2.75) is 6.92 Å². The summed E-state index contributed by atoms with van der Waals surface area (Å²) in [5.74, 6) is -1.46. The molecule has 7 heteroatoms. The van der Waals surface area contributed by atoms with Gasteiger partial charge >= 0.3 is 5.97 Å². The van der Waals surface area contributed by atoms with Gasteiger partial charge in [0.05, 0.1) is 17.4 Å². The number of carboxylic acids is 1. The minimum absolute atomic E-state index is 0.0627. The first-order chi connectivity index (χ1) is 10.1. The van der Waals surface area contributed by atoms with Crippen molar-refractivity contribution in [3.8, 4) is 0 Å². The van der Waals surface area contributed by atoms with Crippen LogP contribution in [0.4, 0.5) is 5.69 Å². The van der Waals surface area contributed by atoms with Gasteiger partial charge in [0.1, 0.15) is 5.56 Å². The third-order valence-corrected chi connectivity index (χ3v) is 3.24. The van der Waals surface area contributed by atoms with Crippen LogP contribution in [-0.4, -0.2) is 32.2 Å². The molecule has 21 heavy (non-hydrogen) atoms. The van der Waals surface area contributed by atoms with Crippen molar-refractivity contribution in [3.63, 3.8) is 0 Å². The number of carbonyl (C=O) groups excluding carboxylic acids is 1. The molecule has 7 nitrogen and oxygen atoms in total. The number of fused-ring (bicyclic) bond motifs is 1. The van der Waals surface area contributed by atoms with Crippen molar-refractivity contribution >= 4 is 28.5 Å². The van der Waals surface area contributed by atoms with Crippen LogP contribution in [0.5, 0.6) is 0 Å². The van der Waals surface area contributed by atoms with Gasteiger partial charge in [-0.25, -0.2) is 4.79 Å². The predicted octanol–water partition coefficient (Wildman–Crippen LogP) is 2.15. The Labute approximate surface area is 119 Å². The maximum absolute atomic E-state index is 12.2. The molecule has 2 heterocycles. The van der Waals surface area contributed by atoms with Crippen molar-refractivity contribution in [3.05, 3.63) is 47.4 Å². The number of hydrogen-bond acceptors (Lipinski definition) is 3. The van der Waals surface area contributed by atoms with Gasteiger partial charge in [-0.15, -0.1) is 0 Å². The molecule has 0 bridgehead atoms. The number of H-pyrrole nitrogens is 2. The lowest BCUT2D eigenvalue weighted by Gasteiger charge is -2.05. The number of anilines is 1. The average molecular weight is 284 g/mol. The van der Waals surface area contributed by atoms with Gasteiger partial charge in [0.2, 0.25) is 0 Å². The summed E-state index contributed by atoms with van der Waals surface area (Å²) < 4.78 is 0. The van der Waals surface area contributed by atoms with E-state index in [0.29, 0.717) is 11.3 Å². The number of aromatic amines is 2. The zero-order chi connectivity index (χ0) is 15.0. The molecule has 106 valence electrons. The quantitative estimate of drug-likeness (QED) is 0.590. The number of carbonyl (C=O) groups is 2. The Morgan fingerprint density at radius 1 is 1.33 bits per heavy atom. The van der Waals surface area contributed by atoms with E-state index in [1.807, 2.05) is 0 Å². The summed E-state index contributed by atoms with van der Waals surface area (Å²) in [6.45, 7) is 1.64. The van der Waals surface area contributed by atoms with Gasteiger partial charge in [0.25, 0.3) is 5.91 Å². The zero-order valence-corrected chi connectivity index (χ0v) is 11.1. The maximum Gasteiger partial charge on any atom is 0.339 e. The summed E-state index contributed by atoms with van der Waals surface area (Å²) in [6, 6.07) is 5.08. The van der Waals surface area contributed by atoms with Crippen LogP contribution in [-0.2, 0) is 0 Å². The standard InChI is InChI=1S/C14H12N4O3/c1-7-12(14(20)21)11(6-15-7)17-13(19)8-2-3-10-9(4-8)5-16-18-10/h2-6,15H,1H3,(H,16,18)(H,17,19)(H,20,21). The molecule has 0 spiro atoms. The average Bonchev–Trinajstić information content (AvgIpc) is 3.04. The van der Waals surface area contributed by atoms with Crippen LogP contribution in [0.2, 0.25) is 0 Å². The molecule has 0 aliphatic heterocycles. The van der Waals surface area contributed by atoms with Crippen LogP contribution in [0.15, 0.2) is 30.6 Å². The number of hydrogen-bond donors (Lipinski definition) is 4. The summed E-state index contributed by atoms with van der Waals surface area (Å²) in [7, 11) is 0. The van der Waals surface area contributed by atoms with Gasteiger partial charge in [-0.3, -0.25) is 9.89 Å². The molecule has 0 atom stereocenters. The van der Waals surface area contributed by atoms with Gasteiger partial charge in [0, 0.05) is 22.8 Å². The topological polar surface area (TPSA) is 111 Å². The molecule has 0 aliphatic rings. The zero-order valence-electron chi connectivity index (χ0n) is 11.1. The van der Waals surface area contributed by atoms with E-state index in [-0.39, 0.29) is 17.2 Å². The number of benzene rings is 1. The van der Waals surface area contributed by atoms with E-state index in [0.717, 1.165) is 10.9 Å². The fraction of sp³-hybridized carbons (Fsp3) is 0.0714. The van der Waals surface area contributed by atoms with Crippen molar-refractivity contribution in [2.75, 3.05) is 5.32 Å². The molecule has 0 aliphatic carbocycles. The first-order valence-corrected chi connectivity index (χ1v) is 6.22. The maximum atomic E-state index is 12.2. The smallest absolute Gasteiger partial charge is 0.339 e. The number of aromatic nitrogens is 3. The van der Waals surface area contributed by atoms with Crippen LogP contribution in [0.3, 0.4) is 0 Å². The highest BCUT2D eigenvalue weighted by Gasteiger charge is 2.17. The Balaban J connectivity index is 1.91. The second-order valence-electron chi connectivity index (χ2n) is 4.63. The molecule has 0 fully saturated rings. The van der Waals surface area contributed by atoms with Crippen LogP contribution in [0.25, 0.3) is 10.9 Å². The summed E-state index contributed by atoms with van der Waals surface area (Å²) in [6.07, 6.45) is 3.09. The fourth-order valence-electron chi connectivity index (χ4n) is 2.18. The minimum atomic E-state index is -1.09. The second kappa shape index (κ2) is 4.78. The highest BCUT2D eigenvalue weighted by molar-refractivity contribution is 6.09. The number of rotatable bonds is 3. The predicted molar refractivity (Wildman–Crippen MR) is 76.5 cm³/mol. The van der Waals surface area contributed by atoms with Crippen molar-refractivity contribution < 1.29 is 14.7 Å². The van der Waals surface area contributed by atoms with Crippen LogP contribution < -0.4 is 5.32 Å². The molecule has 2 aromatic heterocycles. The van der Waals surface area contributed by atoms with E-state index in [1.165, 1.54) is 6.20 Å². The normalized spacial score (nSPS) is 10.7. The van der Waals surface area contributed by atoms with Gasteiger partial charge in [-0.2, -0.15) is 5.10 Å². The number of amides is 1. The lowest BCUT2D eigenvalue weighted by Crippen LogP contribution is -2.13. The van der Waals surface area contributed by atoms with E-state index in [1.54, 1.807) is 31.3 Å². The second-order valence-corrected chi connectivity index (χ2v) is 4.63. The Bertz CT molecular complexity index is 847. The monoisotopic (exact) mass is 284 g/mol. The number of aryl methyl sites for hydroxylation is 1. The minimum Gasteiger partial charge on any atom is -0.478 e. The van der Waals surface area contributed by atoms with Crippen LogP contribution in [0, 0.1) is 6.92 Å². The summed E-state index contributed by atoms with van der Waals surface area (Å²) in [5, 5.41) is 19.2.